The summed E-state index contributed by atoms with van der Waals surface area (Å²) in [5.41, 5.74) is 1.42. The Balaban J connectivity index is 3.12. The van der Waals surface area contributed by atoms with Crippen molar-refractivity contribution in [2.45, 2.75) is 25.4 Å². The minimum Gasteiger partial charge on any atom is -0.383 e. The van der Waals surface area contributed by atoms with Gasteiger partial charge >= 0.3 is 0 Å². The van der Waals surface area contributed by atoms with E-state index in [4.69, 9.17) is 4.74 Å². The third-order valence-corrected chi connectivity index (χ3v) is 4.89. The Kier molecular flexibility index (Phi) is 7.03. The SMILES string of the molecule is C=CCN(CCOC)S(=O)(=O)c1n[nH]c(C)c1CNCC. The van der Waals surface area contributed by atoms with Crippen LogP contribution in [0.15, 0.2) is 17.7 Å². The Bertz CT molecular complexity index is 554. The number of nitrogens with one attached hydrogen (secondary N) is 2. The number of methoxy groups -OCH3 is 1. The summed E-state index contributed by atoms with van der Waals surface area (Å²) >= 11 is 0. The van der Waals surface area contributed by atoms with Crippen molar-refractivity contribution in [3.63, 3.8) is 0 Å². The van der Waals surface area contributed by atoms with Gasteiger partial charge in [-0.3, -0.25) is 5.10 Å². The number of hydrogen-bond acceptors (Lipinski definition) is 5. The number of ether oxygens (including phenoxy) is 1. The Morgan fingerprint density at radius 3 is 2.81 bits per heavy atom. The highest BCUT2D eigenvalue weighted by Gasteiger charge is 2.29. The number of rotatable bonds is 10. The molecule has 1 heterocycles. The molecule has 0 atom stereocenters. The number of nitrogens with zero attached hydrogens (tertiary/aromatic N) is 2. The van der Waals surface area contributed by atoms with Gasteiger partial charge in [-0.15, -0.1) is 6.58 Å². The summed E-state index contributed by atoms with van der Waals surface area (Å²) < 4.78 is 31.8. The van der Waals surface area contributed by atoms with Crippen LogP contribution >= 0.6 is 0 Å². The average molecular weight is 316 g/mol. The number of hydrogen-bond donors (Lipinski definition) is 2. The van der Waals surface area contributed by atoms with Crippen LogP contribution in [0.4, 0.5) is 0 Å². The first-order chi connectivity index (χ1) is 9.98. The predicted octanol–water partition coefficient (Wildman–Crippen LogP) is 0.651. The lowest BCUT2D eigenvalue weighted by molar-refractivity contribution is 0.182. The maximum Gasteiger partial charge on any atom is 0.263 e. The van der Waals surface area contributed by atoms with E-state index in [-0.39, 0.29) is 18.1 Å². The fourth-order valence-corrected chi connectivity index (χ4v) is 3.43. The predicted molar refractivity (Wildman–Crippen MR) is 81.5 cm³/mol. The highest BCUT2D eigenvalue weighted by molar-refractivity contribution is 7.89. The summed E-state index contributed by atoms with van der Waals surface area (Å²) in [6.45, 7) is 9.39. The second kappa shape index (κ2) is 8.28. The van der Waals surface area contributed by atoms with Gasteiger partial charge in [0.1, 0.15) is 0 Å². The molecule has 0 aliphatic heterocycles. The van der Waals surface area contributed by atoms with Crippen LogP contribution < -0.4 is 5.32 Å². The van der Waals surface area contributed by atoms with Crippen LogP contribution in [0.2, 0.25) is 0 Å². The summed E-state index contributed by atoms with van der Waals surface area (Å²) in [4.78, 5) is 0. The molecule has 1 rings (SSSR count). The molecule has 0 aliphatic carbocycles. The van der Waals surface area contributed by atoms with Crippen molar-refractivity contribution >= 4 is 10.0 Å². The minimum absolute atomic E-state index is 0.0684. The number of aryl methyl sites for hydroxylation is 1. The molecule has 1 aromatic rings. The van der Waals surface area contributed by atoms with Gasteiger partial charge in [-0.05, 0) is 13.5 Å². The molecule has 0 aliphatic rings. The van der Waals surface area contributed by atoms with Gasteiger partial charge in [-0.1, -0.05) is 13.0 Å². The average Bonchev–Trinajstić information content (AvgIpc) is 2.82. The van der Waals surface area contributed by atoms with Gasteiger partial charge in [0.2, 0.25) is 0 Å². The molecule has 0 saturated heterocycles. The van der Waals surface area contributed by atoms with Crippen LogP contribution in [0.1, 0.15) is 18.2 Å². The van der Waals surface area contributed by atoms with E-state index in [2.05, 4.69) is 22.1 Å². The van der Waals surface area contributed by atoms with Crippen LogP contribution in [0.5, 0.6) is 0 Å². The molecular formula is C13H24N4O3S. The van der Waals surface area contributed by atoms with Gasteiger partial charge < -0.3 is 10.1 Å². The zero-order chi connectivity index (χ0) is 15.9. The van der Waals surface area contributed by atoms with E-state index in [1.54, 1.807) is 6.08 Å². The standard InChI is InChI=1S/C13H24N4O3S/c1-5-7-17(8-9-20-4)21(18,19)13-12(10-14-6-2)11(3)15-16-13/h5,14H,1,6-10H2,2-4H3,(H,15,16). The summed E-state index contributed by atoms with van der Waals surface area (Å²) in [5, 5.41) is 9.93. The third-order valence-electron chi connectivity index (χ3n) is 3.05. The smallest absolute Gasteiger partial charge is 0.263 e. The zero-order valence-corrected chi connectivity index (χ0v) is 13.7. The maximum atomic E-state index is 12.7. The molecule has 7 nitrogen and oxygen atoms in total. The molecule has 8 heteroatoms. The molecule has 0 spiro atoms. The first kappa shape index (κ1) is 17.8. The first-order valence-corrected chi connectivity index (χ1v) is 8.27. The lowest BCUT2D eigenvalue weighted by Gasteiger charge is -2.19. The maximum absolute atomic E-state index is 12.7. The lowest BCUT2D eigenvalue weighted by Crippen LogP contribution is -2.35. The Morgan fingerprint density at radius 2 is 2.24 bits per heavy atom. The lowest BCUT2D eigenvalue weighted by atomic mass is 10.2. The minimum atomic E-state index is -3.68. The Labute approximate surface area is 126 Å². The fourth-order valence-electron chi connectivity index (χ4n) is 1.87. The Morgan fingerprint density at radius 1 is 1.52 bits per heavy atom. The summed E-state index contributed by atoms with van der Waals surface area (Å²) in [7, 11) is -2.14. The van der Waals surface area contributed by atoms with Crippen molar-refractivity contribution in [3.05, 3.63) is 23.9 Å². The van der Waals surface area contributed by atoms with Crippen LogP contribution in [-0.4, -0.2) is 56.3 Å². The molecule has 0 saturated carbocycles. The topological polar surface area (TPSA) is 87.3 Å². The van der Waals surface area contributed by atoms with Crippen molar-refractivity contribution < 1.29 is 13.2 Å². The van der Waals surface area contributed by atoms with Crippen LogP contribution in [0.25, 0.3) is 0 Å². The number of aromatic amines is 1. The second-order valence-corrected chi connectivity index (χ2v) is 6.41. The van der Waals surface area contributed by atoms with Crippen molar-refractivity contribution in [1.29, 1.82) is 0 Å². The number of aromatic nitrogens is 2. The van der Waals surface area contributed by atoms with E-state index in [0.29, 0.717) is 18.7 Å². The van der Waals surface area contributed by atoms with Gasteiger partial charge in [-0.2, -0.15) is 9.40 Å². The Hall–Kier alpha value is -1.22. The highest BCUT2D eigenvalue weighted by atomic mass is 32.2. The number of H-pyrrole nitrogens is 1. The highest BCUT2D eigenvalue weighted by Crippen LogP contribution is 2.20. The zero-order valence-electron chi connectivity index (χ0n) is 12.8. The van der Waals surface area contributed by atoms with E-state index in [1.807, 2.05) is 13.8 Å². The molecule has 21 heavy (non-hydrogen) atoms. The van der Waals surface area contributed by atoms with Gasteiger partial charge in [0.25, 0.3) is 10.0 Å². The summed E-state index contributed by atoms with van der Waals surface area (Å²) in [6.07, 6.45) is 1.55. The quantitative estimate of drug-likeness (QED) is 0.619. The molecule has 0 fully saturated rings. The monoisotopic (exact) mass is 316 g/mol. The molecule has 0 aromatic carbocycles. The van der Waals surface area contributed by atoms with Gasteiger partial charge in [-0.25, -0.2) is 8.42 Å². The third kappa shape index (κ3) is 4.37. The molecule has 120 valence electrons. The first-order valence-electron chi connectivity index (χ1n) is 6.83. The van der Waals surface area contributed by atoms with Crippen molar-refractivity contribution in [1.82, 2.24) is 19.8 Å². The number of sulfonamides is 1. The van der Waals surface area contributed by atoms with Crippen molar-refractivity contribution in [3.8, 4) is 0 Å². The molecular weight excluding hydrogens is 292 g/mol. The van der Waals surface area contributed by atoms with Crippen LogP contribution in [-0.2, 0) is 21.3 Å². The molecule has 0 amide bonds. The molecule has 0 unspecified atom stereocenters. The molecule has 1 aromatic heterocycles. The van der Waals surface area contributed by atoms with E-state index in [0.717, 1.165) is 12.2 Å². The normalized spacial score (nSPS) is 12.0. The molecule has 2 N–H and O–H groups in total. The molecule has 0 radical (unpaired) electrons. The molecule has 0 bridgehead atoms. The van der Waals surface area contributed by atoms with Crippen LogP contribution in [0, 0.1) is 6.92 Å². The summed E-state index contributed by atoms with van der Waals surface area (Å²) in [6, 6.07) is 0. The van der Waals surface area contributed by atoms with Gasteiger partial charge in [0.15, 0.2) is 5.03 Å². The summed E-state index contributed by atoms with van der Waals surface area (Å²) in [5.74, 6) is 0. The van der Waals surface area contributed by atoms with E-state index >= 15 is 0 Å². The van der Waals surface area contributed by atoms with E-state index in [1.165, 1.54) is 11.4 Å². The van der Waals surface area contributed by atoms with Crippen molar-refractivity contribution in [2.24, 2.45) is 0 Å². The second-order valence-electron chi connectivity index (χ2n) is 4.56. The fraction of sp³-hybridized carbons (Fsp3) is 0.615. The van der Waals surface area contributed by atoms with Crippen LogP contribution in [0.3, 0.4) is 0 Å². The van der Waals surface area contributed by atoms with Crippen molar-refractivity contribution in [2.75, 3.05) is 33.4 Å². The largest absolute Gasteiger partial charge is 0.383 e. The van der Waals surface area contributed by atoms with E-state index < -0.39 is 10.0 Å². The van der Waals surface area contributed by atoms with Gasteiger partial charge in [0, 0.05) is 38.0 Å². The van der Waals surface area contributed by atoms with E-state index in [9.17, 15) is 8.42 Å². The van der Waals surface area contributed by atoms with Gasteiger partial charge in [0.05, 0.1) is 6.61 Å².